The van der Waals surface area contributed by atoms with Crippen molar-refractivity contribution in [2.75, 3.05) is 13.1 Å². The number of carbonyl (C=O) groups excluding carboxylic acids is 2. The second kappa shape index (κ2) is 5.31. The van der Waals surface area contributed by atoms with Gasteiger partial charge in [0.25, 0.3) is 15.9 Å². The number of nitrogens with one attached hydrogen (secondary N) is 2. The third-order valence-corrected chi connectivity index (χ3v) is 6.70. The van der Waals surface area contributed by atoms with Gasteiger partial charge in [-0.2, -0.15) is 9.40 Å². The number of piperidine rings is 1. The summed E-state index contributed by atoms with van der Waals surface area (Å²) in [5.74, 6) is -0.456. The van der Waals surface area contributed by atoms with Crippen LogP contribution >= 0.6 is 0 Å². The van der Waals surface area contributed by atoms with Crippen molar-refractivity contribution in [2.24, 2.45) is 13.0 Å². The Morgan fingerprint density at radius 2 is 1.96 bits per heavy atom. The summed E-state index contributed by atoms with van der Waals surface area (Å²) < 4.78 is 27.9. The minimum absolute atomic E-state index is 0.105. The largest absolute Gasteiger partial charge is 0.323 e. The zero-order valence-corrected chi connectivity index (χ0v) is 13.8. The van der Waals surface area contributed by atoms with Crippen molar-refractivity contribution in [1.29, 1.82) is 0 Å². The van der Waals surface area contributed by atoms with Gasteiger partial charge in [0.15, 0.2) is 5.03 Å². The summed E-state index contributed by atoms with van der Waals surface area (Å²) in [5.41, 5.74) is -0.973. The lowest BCUT2D eigenvalue weighted by molar-refractivity contribution is -0.125. The molecule has 2 saturated heterocycles. The van der Waals surface area contributed by atoms with Crippen molar-refractivity contribution < 1.29 is 18.0 Å². The van der Waals surface area contributed by atoms with Crippen LogP contribution in [0.3, 0.4) is 0 Å². The Labute approximate surface area is 134 Å². The molecule has 0 spiro atoms. The summed E-state index contributed by atoms with van der Waals surface area (Å²) in [4.78, 5) is 23.3. The number of carbonyl (C=O) groups is 2. The Kier molecular flexibility index (Phi) is 3.68. The lowest BCUT2D eigenvalue weighted by Gasteiger charge is -2.37. The zero-order chi connectivity index (χ0) is 16.8. The molecule has 1 aromatic rings. The molecular weight excluding hydrogens is 322 g/mol. The van der Waals surface area contributed by atoms with Crippen LogP contribution in [0, 0.1) is 5.92 Å². The molecule has 2 N–H and O–H groups in total. The maximum atomic E-state index is 12.6. The third-order valence-electron chi connectivity index (χ3n) is 4.72. The van der Waals surface area contributed by atoms with E-state index < -0.39 is 21.6 Å². The molecule has 126 valence electrons. The second-order valence-electron chi connectivity index (χ2n) is 6.08. The van der Waals surface area contributed by atoms with Crippen molar-refractivity contribution in [3.63, 3.8) is 0 Å². The maximum Gasteiger partial charge on any atom is 0.322 e. The van der Waals surface area contributed by atoms with E-state index in [1.807, 2.05) is 0 Å². The van der Waals surface area contributed by atoms with E-state index in [4.69, 9.17) is 0 Å². The fourth-order valence-corrected chi connectivity index (χ4v) is 4.83. The van der Waals surface area contributed by atoms with Gasteiger partial charge in [-0.05, 0) is 31.7 Å². The molecule has 2 aliphatic rings. The first-order chi connectivity index (χ1) is 10.7. The molecule has 0 radical (unpaired) electrons. The lowest BCUT2D eigenvalue weighted by atomic mass is 9.79. The third kappa shape index (κ3) is 2.51. The van der Waals surface area contributed by atoms with Gasteiger partial charge in [-0.3, -0.25) is 14.8 Å². The maximum absolute atomic E-state index is 12.6. The first-order valence-corrected chi connectivity index (χ1v) is 8.81. The molecule has 1 atom stereocenters. The summed E-state index contributed by atoms with van der Waals surface area (Å²) >= 11 is 0. The van der Waals surface area contributed by atoms with Crippen LogP contribution in [0.4, 0.5) is 4.79 Å². The van der Waals surface area contributed by atoms with Crippen LogP contribution in [0.15, 0.2) is 17.3 Å². The van der Waals surface area contributed by atoms with E-state index in [1.165, 1.54) is 21.3 Å². The number of hydrogen-bond donors (Lipinski definition) is 2. The molecule has 0 aromatic carbocycles. The number of hydrogen-bond acceptors (Lipinski definition) is 5. The molecule has 3 amide bonds. The predicted molar refractivity (Wildman–Crippen MR) is 79.8 cm³/mol. The molecule has 9 nitrogen and oxygen atoms in total. The van der Waals surface area contributed by atoms with Crippen LogP contribution in [0.1, 0.15) is 19.8 Å². The van der Waals surface area contributed by atoms with Gasteiger partial charge in [0.2, 0.25) is 0 Å². The molecule has 3 heterocycles. The van der Waals surface area contributed by atoms with Crippen LogP contribution in [-0.4, -0.2) is 53.1 Å². The van der Waals surface area contributed by atoms with Gasteiger partial charge in [-0.15, -0.1) is 0 Å². The number of aromatic nitrogens is 2. The second-order valence-corrected chi connectivity index (χ2v) is 7.97. The SMILES string of the molecule is Cn1nccc1S(=O)(=O)N1CCC(C2(C)NC(=O)NC2=O)CC1. The van der Waals surface area contributed by atoms with Gasteiger partial charge < -0.3 is 5.32 Å². The Balaban J connectivity index is 1.73. The smallest absolute Gasteiger partial charge is 0.322 e. The number of imide groups is 1. The van der Waals surface area contributed by atoms with Crippen LogP contribution in [0.25, 0.3) is 0 Å². The van der Waals surface area contributed by atoms with Gasteiger partial charge in [-0.1, -0.05) is 0 Å². The first-order valence-electron chi connectivity index (χ1n) is 7.37. The molecule has 0 bridgehead atoms. The number of amides is 3. The summed E-state index contributed by atoms with van der Waals surface area (Å²) in [6.45, 7) is 2.29. The van der Waals surface area contributed by atoms with E-state index in [2.05, 4.69) is 15.7 Å². The van der Waals surface area contributed by atoms with Crippen molar-refractivity contribution in [2.45, 2.75) is 30.3 Å². The van der Waals surface area contributed by atoms with Crippen LogP contribution in [-0.2, 0) is 21.9 Å². The van der Waals surface area contributed by atoms with Crippen LogP contribution < -0.4 is 10.6 Å². The highest BCUT2D eigenvalue weighted by Gasteiger charge is 2.49. The van der Waals surface area contributed by atoms with Crippen molar-refractivity contribution in [3.05, 3.63) is 12.3 Å². The van der Waals surface area contributed by atoms with E-state index in [0.717, 1.165) is 0 Å². The molecule has 3 rings (SSSR count). The Bertz CT molecular complexity index is 750. The van der Waals surface area contributed by atoms with Gasteiger partial charge in [0, 0.05) is 20.1 Å². The molecular formula is C13H19N5O4S. The average molecular weight is 341 g/mol. The summed E-state index contributed by atoms with van der Waals surface area (Å²) in [7, 11) is -2.01. The van der Waals surface area contributed by atoms with Crippen LogP contribution in [0.5, 0.6) is 0 Å². The molecule has 23 heavy (non-hydrogen) atoms. The van der Waals surface area contributed by atoms with E-state index in [9.17, 15) is 18.0 Å². The Hall–Kier alpha value is -1.94. The number of urea groups is 1. The van der Waals surface area contributed by atoms with E-state index in [1.54, 1.807) is 14.0 Å². The van der Waals surface area contributed by atoms with Gasteiger partial charge >= 0.3 is 6.03 Å². The van der Waals surface area contributed by atoms with Crippen molar-refractivity contribution in [3.8, 4) is 0 Å². The molecule has 0 aliphatic carbocycles. The number of rotatable bonds is 3. The zero-order valence-electron chi connectivity index (χ0n) is 12.9. The van der Waals surface area contributed by atoms with Gasteiger partial charge in [-0.25, -0.2) is 13.2 Å². The van der Waals surface area contributed by atoms with E-state index in [-0.39, 0.29) is 16.9 Å². The minimum Gasteiger partial charge on any atom is -0.323 e. The quantitative estimate of drug-likeness (QED) is 0.714. The van der Waals surface area contributed by atoms with Crippen molar-refractivity contribution in [1.82, 2.24) is 24.7 Å². The summed E-state index contributed by atoms with van der Waals surface area (Å²) in [6, 6.07) is 0.968. The minimum atomic E-state index is -3.59. The number of nitrogens with zero attached hydrogens (tertiary/aromatic N) is 3. The molecule has 2 fully saturated rings. The number of sulfonamides is 1. The normalized spacial score (nSPS) is 27.0. The van der Waals surface area contributed by atoms with Crippen LogP contribution in [0.2, 0.25) is 0 Å². The Morgan fingerprint density at radius 1 is 1.30 bits per heavy atom. The standard InChI is InChI=1S/C13H19N5O4S/c1-13(11(19)15-12(20)16-13)9-4-7-18(8-5-9)23(21,22)10-3-6-14-17(10)2/h3,6,9H,4-5,7-8H2,1-2H3,(H2,15,16,19,20). The lowest BCUT2D eigenvalue weighted by Crippen LogP contribution is -2.54. The topological polar surface area (TPSA) is 113 Å². The molecule has 1 aromatic heterocycles. The summed E-state index contributed by atoms with van der Waals surface area (Å²) in [5, 5.41) is 8.94. The highest BCUT2D eigenvalue weighted by Crippen LogP contribution is 2.32. The van der Waals surface area contributed by atoms with E-state index in [0.29, 0.717) is 25.9 Å². The highest BCUT2D eigenvalue weighted by molar-refractivity contribution is 7.89. The fourth-order valence-electron chi connectivity index (χ4n) is 3.26. The monoisotopic (exact) mass is 341 g/mol. The van der Waals surface area contributed by atoms with E-state index >= 15 is 0 Å². The van der Waals surface area contributed by atoms with Crippen molar-refractivity contribution >= 4 is 22.0 Å². The number of aryl methyl sites for hydroxylation is 1. The first kappa shape index (κ1) is 15.9. The predicted octanol–water partition coefficient (Wildman–Crippen LogP) is -0.581. The molecule has 1 unspecified atom stereocenters. The fraction of sp³-hybridized carbons (Fsp3) is 0.615. The molecule has 10 heteroatoms. The summed E-state index contributed by atoms with van der Waals surface area (Å²) in [6.07, 6.45) is 2.45. The molecule has 2 aliphatic heterocycles. The average Bonchev–Trinajstić information content (AvgIpc) is 3.04. The highest BCUT2D eigenvalue weighted by atomic mass is 32.2. The van der Waals surface area contributed by atoms with Gasteiger partial charge in [0.05, 0.1) is 6.20 Å². The molecule has 0 saturated carbocycles. The van der Waals surface area contributed by atoms with Gasteiger partial charge in [0.1, 0.15) is 5.54 Å². The Morgan fingerprint density at radius 3 is 2.43 bits per heavy atom.